The summed E-state index contributed by atoms with van der Waals surface area (Å²) < 4.78 is 44.8. The Morgan fingerprint density at radius 3 is 2.67 bits per heavy atom. The zero-order valence-corrected chi connectivity index (χ0v) is 14.5. The zero-order valence-electron chi connectivity index (χ0n) is 13.7. The molecule has 11 heteroatoms. The van der Waals surface area contributed by atoms with Crippen molar-refractivity contribution in [1.29, 1.82) is 0 Å². The van der Waals surface area contributed by atoms with Crippen molar-refractivity contribution in [2.24, 2.45) is 0 Å². The van der Waals surface area contributed by atoms with Crippen LogP contribution in [0.15, 0.2) is 40.9 Å². The second-order valence-electron chi connectivity index (χ2n) is 5.27. The van der Waals surface area contributed by atoms with Crippen molar-refractivity contribution >= 4 is 17.2 Å². The molecule has 142 valence electrons. The third-order valence-corrected chi connectivity index (χ3v) is 4.25. The molecular formula is C16H13F3N4O3S. The third kappa shape index (κ3) is 5.59. The van der Waals surface area contributed by atoms with Crippen molar-refractivity contribution in [3.05, 3.63) is 52.1 Å². The van der Waals surface area contributed by atoms with Gasteiger partial charge in [-0.15, -0.1) is 23.4 Å². The number of ether oxygens (including phenoxy) is 1. The van der Waals surface area contributed by atoms with Crippen molar-refractivity contribution in [1.82, 2.24) is 20.7 Å². The Morgan fingerprint density at radius 1 is 1.19 bits per heavy atom. The van der Waals surface area contributed by atoms with Gasteiger partial charge in [-0.25, -0.2) is 0 Å². The van der Waals surface area contributed by atoms with Gasteiger partial charge in [0.1, 0.15) is 16.6 Å². The fraction of sp³-hybridized carbons (Fsp3) is 0.250. The summed E-state index contributed by atoms with van der Waals surface area (Å²) >= 11 is 0.990. The highest BCUT2D eigenvalue weighted by Crippen LogP contribution is 2.21. The van der Waals surface area contributed by atoms with E-state index in [0.717, 1.165) is 16.9 Å². The van der Waals surface area contributed by atoms with Gasteiger partial charge < -0.3 is 9.84 Å². The molecule has 0 aliphatic carbocycles. The number of hydrogen-bond acceptors (Lipinski definition) is 7. The van der Waals surface area contributed by atoms with E-state index in [1.54, 1.807) is 0 Å². The molecule has 0 aliphatic heterocycles. The van der Waals surface area contributed by atoms with Crippen LogP contribution in [0, 0.1) is 0 Å². The summed E-state index contributed by atoms with van der Waals surface area (Å²) in [7, 11) is 0. The molecule has 1 amide bonds. The molecule has 7 nitrogen and oxygen atoms in total. The summed E-state index contributed by atoms with van der Waals surface area (Å²) in [5, 5.41) is 14.4. The number of nitrogens with zero attached hydrogens (tertiary/aromatic N) is 3. The largest absolute Gasteiger partial charge is 0.522 e. The number of nitrogens with one attached hydrogen (secondary N) is 1. The Balaban J connectivity index is 1.47. The highest BCUT2D eigenvalue weighted by molar-refractivity contribution is 7.11. The summed E-state index contributed by atoms with van der Waals surface area (Å²) in [6.45, 7) is -0.462. The Labute approximate surface area is 155 Å². The topological polar surface area (TPSA) is 90.1 Å². The van der Waals surface area contributed by atoms with Crippen LogP contribution in [0.25, 0.3) is 11.3 Å². The molecule has 1 N–H and O–H groups in total. The molecule has 0 unspecified atom stereocenters. The van der Waals surface area contributed by atoms with Gasteiger partial charge in [-0.3, -0.25) is 9.53 Å². The molecule has 0 atom stereocenters. The standard InChI is InChI=1S/C16H13F3N4O3S/c17-16(18,19)25-9-14-22-21-13(27-14)6-7-20-15(24)11-8-12(26-23-11)10-4-2-1-3-5-10/h1-5,8H,6-7,9H2,(H,20,24). The molecular weight excluding hydrogens is 385 g/mol. The maximum absolute atomic E-state index is 12.1. The van der Waals surface area contributed by atoms with E-state index < -0.39 is 18.9 Å². The van der Waals surface area contributed by atoms with Crippen LogP contribution in [0.5, 0.6) is 0 Å². The van der Waals surface area contributed by atoms with Gasteiger partial charge in [-0.1, -0.05) is 46.8 Å². The van der Waals surface area contributed by atoms with Gasteiger partial charge in [0.05, 0.1) is 0 Å². The highest BCUT2D eigenvalue weighted by atomic mass is 32.1. The molecule has 0 saturated carbocycles. The van der Waals surface area contributed by atoms with Gasteiger partial charge in [0.25, 0.3) is 5.91 Å². The van der Waals surface area contributed by atoms with Crippen LogP contribution in [-0.4, -0.2) is 34.2 Å². The predicted molar refractivity (Wildman–Crippen MR) is 88.7 cm³/mol. The number of amides is 1. The summed E-state index contributed by atoms with van der Waals surface area (Å²) in [5.74, 6) is 0.0465. The summed E-state index contributed by atoms with van der Waals surface area (Å²) in [5.41, 5.74) is 0.928. The lowest BCUT2D eigenvalue weighted by atomic mass is 10.1. The summed E-state index contributed by atoms with van der Waals surface area (Å²) in [6, 6.07) is 10.7. The molecule has 2 heterocycles. The second kappa shape index (κ2) is 8.27. The smallest absolute Gasteiger partial charge is 0.355 e. The minimum atomic E-state index is -4.71. The van der Waals surface area contributed by atoms with Crippen molar-refractivity contribution in [2.75, 3.05) is 6.54 Å². The van der Waals surface area contributed by atoms with E-state index in [0.29, 0.717) is 17.2 Å². The quantitative estimate of drug-likeness (QED) is 0.657. The van der Waals surface area contributed by atoms with Crippen molar-refractivity contribution < 1.29 is 27.2 Å². The first-order valence-electron chi connectivity index (χ1n) is 7.73. The average Bonchev–Trinajstić information content (AvgIpc) is 3.30. The van der Waals surface area contributed by atoms with E-state index in [1.165, 1.54) is 6.07 Å². The summed E-state index contributed by atoms with van der Waals surface area (Å²) in [6.07, 6.45) is -4.39. The third-order valence-electron chi connectivity index (χ3n) is 3.29. The first kappa shape index (κ1) is 19.0. The molecule has 0 fully saturated rings. The van der Waals surface area contributed by atoms with E-state index in [4.69, 9.17) is 4.52 Å². The van der Waals surface area contributed by atoms with Crippen molar-refractivity contribution in [3.8, 4) is 11.3 Å². The molecule has 0 saturated heterocycles. The number of alkyl halides is 3. The first-order valence-corrected chi connectivity index (χ1v) is 8.54. The lowest BCUT2D eigenvalue weighted by Crippen LogP contribution is -2.25. The van der Waals surface area contributed by atoms with Crippen LogP contribution in [0.1, 0.15) is 20.5 Å². The lowest BCUT2D eigenvalue weighted by molar-refractivity contribution is -0.330. The van der Waals surface area contributed by atoms with Crippen LogP contribution in [0.4, 0.5) is 13.2 Å². The van der Waals surface area contributed by atoms with Crippen LogP contribution in [0.3, 0.4) is 0 Å². The van der Waals surface area contributed by atoms with Gasteiger partial charge >= 0.3 is 6.36 Å². The molecule has 27 heavy (non-hydrogen) atoms. The van der Waals surface area contributed by atoms with Crippen molar-refractivity contribution in [3.63, 3.8) is 0 Å². The molecule has 3 aromatic rings. The number of benzene rings is 1. The van der Waals surface area contributed by atoms with Gasteiger partial charge in [-0.05, 0) is 0 Å². The number of carbonyl (C=O) groups excluding carboxylic acids is 1. The van der Waals surface area contributed by atoms with Gasteiger partial charge in [-0.2, -0.15) is 0 Å². The molecule has 0 spiro atoms. The normalized spacial score (nSPS) is 11.5. The Bertz CT molecular complexity index is 896. The highest BCUT2D eigenvalue weighted by Gasteiger charge is 2.29. The van der Waals surface area contributed by atoms with E-state index in [9.17, 15) is 18.0 Å². The van der Waals surface area contributed by atoms with Gasteiger partial charge in [0.2, 0.25) is 0 Å². The molecule has 0 bridgehead atoms. The minimum absolute atomic E-state index is 0.109. The molecule has 3 rings (SSSR count). The van der Waals surface area contributed by atoms with E-state index in [2.05, 4.69) is 25.4 Å². The van der Waals surface area contributed by atoms with Crippen LogP contribution in [-0.2, 0) is 17.8 Å². The summed E-state index contributed by atoms with van der Waals surface area (Å²) in [4.78, 5) is 12.1. The van der Waals surface area contributed by atoms with Crippen LogP contribution in [0.2, 0.25) is 0 Å². The second-order valence-corrected chi connectivity index (χ2v) is 6.42. The number of halogens is 3. The fourth-order valence-corrected chi connectivity index (χ4v) is 2.84. The maximum atomic E-state index is 12.1. The Hall–Kier alpha value is -2.79. The lowest BCUT2D eigenvalue weighted by Gasteiger charge is -2.03. The monoisotopic (exact) mass is 398 g/mol. The van der Waals surface area contributed by atoms with E-state index in [-0.39, 0.29) is 17.2 Å². The van der Waals surface area contributed by atoms with Gasteiger partial charge in [0, 0.05) is 24.6 Å². The number of hydrogen-bond donors (Lipinski definition) is 1. The zero-order chi connectivity index (χ0) is 19.3. The van der Waals surface area contributed by atoms with E-state index in [1.807, 2.05) is 30.3 Å². The average molecular weight is 398 g/mol. The number of aromatic nitrogens is 3. The maximum Gasteiger partial charge on any atom is 0.522 e. The van der Waals surface area contributed by atoms with Crippen molar-refractivity contribution in [2.45, 2.75) is 19.4 Å². The first-order chi connectivity index (χ1) is 12.9. The van der Waals surface area contributed by atoms with Crippen LogP contribution < -0.4 is 5.32 Å². The molecule has 1 aromatic carbocycles. The SMILES string of the molecule is O=C(NCCc1nnc(COC(F)(F)F)s1)c1cc(-c2ccccc2)on1. The molecule has 0 aliphatic rings. The van der Waals surface area contributed by atoms with E-state index >= 15 is 0 Å². The Kier molecular flexibility index (Phi) is 5.81. The molecule has 0 radical (unpaired) electrons. The van der Waals surface area contributed by atoms with Gasteiger partial charge in [0.15, 0.2) is 11.5 Å². The number of rotatable bonds is 7. The predicted octanol–water partition coefficient (Wildman–Crippen LogP) is 3.20. The number of carbonyl (C=O) groups is 1. The molecule has 2 aromatic heterocycles. The minimum Gasteiger partial charge on any atom is -0.355 e. The van der Waals surface area contributed by atoms with Crippen LogP contribution >= 0.6 is 11.3 Å². The fourth-order valence-electron chi connectivity index (χ4n) is 2.09. The Morgan fingerprint density at radius 2 is 1.93 bits per heavy atom.